The Hall–Kier alpha value is -1.26. The second kappa shape index (κ2) is 8.02. The van der Waals surface area contributed by atoms with Crippen molar-refractivity contribution in [3.8, 4) is 5.75 Å². The summed E-state index contributed by atoms with van der Waals surface area (Å²) in [6, 6.07) is 5.41. The molecule has 1 rings (SSSR count). The summed E-state index contributed by atoms with van der Waals surface area (Å²) in [6.45, 7) is 5.46. The van der Waals surface area contributed by atoms with Crippen molar-refractivity contribution in [2.24, 2.45) is 5.73 Å². The lowest BCUT2D eigenvalue weighted by Crippen LogP contribution is -2.33. The number of hydrogen-bond acceptors (Lipinski definition) is 3. The van der Waals surface area contributed by atoms with E-state index in [0.717, 1.165) is 18.5 Å². The highest BCUT2D eigenvalue weighted by Crippen LogP contribution is 2.27. The number of rotatable bonds is 8. The fourth-order valence-electron chi connectivity index (χ4n) is 1.71. The van der Waals surface area contributed by atoms with Crippen molar-refractivity contribution < 1.29 is 9.53 Å². The van der Waals surface area contributed by atoms with Crippen LogP contribution in [0.2, 0.25) is 5.02 Å². The maximum absolute atomic E-state index is 11.2. The van der Waals surface area contributed by atoms with Crippen LogP contribution in [0.3, 0.4) is 0 Å². The van der Waals surface area contributed by atoms with Crippen molar-refractivity contribution in [3.05, 3.63) is 28.8 Å². The smallest absolute Gasteiger partial charge is 0.258 e. The number of carbonyl (C=O) groups excluding carboxylic acids is 1. The van der Waals surface area contributed by atoms with E-state index in [4.69, 9.17) is 22.1 Å². The Morgan fingerprint density at radius 2 is 2.21 bits per heavy atom. The summed E-state index contributed by atoms with van der Waals surface area (Å²) in [5.74, 6) is 0.150. The Kier molecular flexibility index (Phi) is 6.67. The van der Waals surface area contributed by atoms with Gasteiger partial charge in [-0.1, -0.05) is 31.5 Å². The summed E-state index contributed by atoms with van der Waals surface area (Å²) in [5.41, 5.74) is 6.15. The molecule has 0 fully saturated rings. The first-order chi connectivity index (χ1) is 9.10. The molecule has 1 aromatic carbocycles. The van der Waals surface area contributed by atoms with Gasteiger partial charge in [-0.05, 0) is 31.5 Å². The molecule has 0 spiro atoms. The van der Waals surface area contributed by atoms with Crippen LogP contribution < -0.4 is 15.8 Å². The molecule has 0 heterocycles. The predicted octanol–water partition coefficient (Wildman–Crippen LogP) is 2.48. The van der Waals surface area contributed by atoms with Gasteiger partial charge >= 0.3 is 0 Å². The minimum absolute atomic E-state index is 0.463. The molecule has 5 heteroatoms. The molecule has 1 atom stereocenters. The van der Waals surface area contributed by atoms with Crippen molar-refractivity contribution in [1.29, 1.82) is 0 Å². The molecule has 0 saturated carbocycles. The number of primary amides is 1. The lowest BCUT2D eigenvalue weighted by Gasteiger charge is -2.18. The van der Waals surface area contributed by atoms with Gasteiger partial charge in [0.2, 0.25) is 0 Å². The van der Waals surface area contributed by atoms with Crippen molar-refractivity contribution in [3.63, 3.8) is 0 Å². The average molecular weight is 285 g/mol. The van der Waals surface area contributed by atoms with E-state index in [1.165, 1.54) is 0 Å². The van der Waals surface area contributed by atoms with Gasteiger partial charge in [-0.3, -0.25) is 4.79 Å². The highest BCUT2D eigenvalue weighted by Gasteiger charge is 2.17. The van der Waals surface area contributed by atoms with E-state index in [2.05, 4.69) is 12.2 Å². The minimum atomic E-state index is -0.622. The van der Waals surface area contributed by atoms with E-state index in [0.29, 0.717) is 23.7 Å². The van der Waals surface area contributed by atoms with Gasteiger partial charge in [0.05, 0.1) is 0 Å². The quantitative estimate of drug-likeness (QED) is 0.721. The third kappa shape index (κ3) is 4.73. The normalized spacial score (nSPS) is 12.2. The summed E-state index contributed by atoms with van der Waals surface area (Å²) < 4.78 is 5.67. The van der Waals surface area contributed by atoms with Crippen LogP contribution in [0.5, 0.6) is 5.75 Å². The van der Waals surface area contributed by atoms with Crippen LogP contribution in [0, 0.1) is 0 Å². The van der Waals surface area contributed by atoms with E-state index in [9.17, 15) is 4.79 Å². The molecule has 19 heavy (non-hydrogen) atoms. The maximum atomic E-state index is 11.2. The van der Waals surface area contributed by atoms with Gasteiger partial charge in [-0.2, -0.15) is 0 Å². The number of nitrogens with two attached hydrogens (primary N) is 1. The minimum Gasteiger partial charge on any atom is -0.480 e. The third-order valence-corrected chi connectivity index (χ3v) is 3.12. The number of benzene rings is 1. The van der Waals surface area contributed by atoms with Gasteiger partial charge in [0.1, 0.15) is 5.75 Å². The van der Waals surface area contributed by atoms with Crippen molar-refractivity contribution in [2.45, 2.75) is 39.3 Å². The van der Waals surface area contributed by atoms with E-state index < -0.39 is 12.0 Å². The topological polar surface area (TPSA) is 64.3 Å². The van der Waals surface area contributed by atoms with E-state index >= 15 is 0 Å². The standard InChI is InChI=1S/C14H21ClN2O2/c1-3-8-17-9-10-11(15)6-5-7-13(10)19-12(4-2)14(16)18/h5-7,12,17H,3-4,8-9H2,1-2H3,(H2,16,18). The zero-order chi connectivity index (χ0) is 14.3. The molecule has 0 aliphatic rings. The summed E-state index contributed by atoms with van der Waals surface area (Å²) in [6.07, 6.45) is 0.951. The Morgan fingerprint density at radius 3 is 2.79 bits per heavy atom. The highest BCUT2D eigenvalue weighted by molar-refractivity contribution is 6.31. The van der Waals surface area contributed by atoms with Crippen molar-refractivity contribution in [1.82, 2.24) is 5.32 Å². The predicted molar refractivity (Wildman–Crippen MR) is 77.4 cm³/mol. The van der Waals surface area contributed by atoms with Crippen LogP contribution in [-0.2, 0) is 11.3 Å². The maximum Gasteiger partial charge on any atom is 0.258 e. The molecular formula is C14H21ClN2O2. The first kappa shape index (κ1) is 15.8. The second-order valence-electron chi connectivity index (χ2n) is 4.31. The summed E-state index contributed by atoms with van der Waals surface area (Å²) in [4.78, 5) is 11.2. The molecule has 0 aromatic heterocycles. The summed E-state index contributed by atoms with van der Waals surface area (Å²) in [7, 11) is 0. The van der Waals surface area contributed by atoms with Crippen LogP contribution in [-0.4, -0.2) is 18.6 Å². The third-order valence-electron chi connectivity index (χ3n) is 2.76. The van der Waals surface area contributed by atoms with Crippen LogP contribution in [0.4, 0.5) is 0 Å². The fraction of sp³-hybridized carbons (Fsp3) is 0.500. The molecule has 106 valence electrons. The molecule has 0 saturated heterocycles. The van der Waals surface area contributed by atoms with Gasteiger partial charge in [0.25, 0.3) is 5.91 Å². The number of hydrogen-bond donors (Lipinski definition) is 2. The fourth-order valence-corrected chi connectivity index (χ4v) is 1.94. The Bertz CT molecular complexity index is 424. The average Bonchev–Trinajstić information content (AvgIpc) is 2.38. The molecule has 0 aliphatic carbocycles. The van der Waals surface area contributed by atoms with E-state index in [-0.39, 0.29) is 0 Å². The number of ether oxygens (including phenoxy) is 1. The number of carbonyl (C=O) groups is 1. The van der Waals surface area contributed by atoms with Crippen LogP contribution in [0.25, 0.3) is 0 Å². The molecule has 4 nitrogen and oxygen atoms in total. The second-order valence-corrected chi connectivity index (χ2v) is 4.72. The SMILES string of the molecule is CCCNCc1c(Cl)cccc1OC(CC)C(N)=O. The first-order valence-corrected chi connectivity index (χ1v) is 6.92. The molecule has 0 radical (unpaired) electrons. The van der Waals surface area contributed by atoms with Crippen LogP contribution >= 0.6 is 11.6 Å². The molecule has 1 aromatic rings. The van der Waals surface area contributed by atoms with Gasteiger partial charge < -0.3 is 15.8 Å². The molecule has 1 unspecified atom stereocenters. The van der Waals surface area contributed by atoms with Gasteiger partial charge in [0.15, 0.2) is 6.10 Å². The largest absolute Gasteiger partial charge is 0.480 e. The van der Waals surface area contributed by atoms with E-state index in [1.54, 1.807) is 12.1 Å². The van der Waals surface area contributed by atoms with Crippen LogP contribution in [0.1, 0.15) is 32.3 Å². The van der Waals surface area contributed by atoms with Gasteiger partial charge in [-0.15, -0.1) is 0 Å². The number of amides is 1. The van der Waals surface area contributed by atoms with Crippen molar-refractivity contribution >= 4 is 17.5 Å². The Morgan fingerprint density at radius 1 is 1.47 bits per heavy atom. The Labute approximate surface area is 119 Å². The van der Waals surface area contributed by atoms with Gasteiger partial charge in [0, 0.05) is 17.1 Å². The number of nitrogens with one attached hydrogen (secondary N) is 1. The monoisotopic (exact) mass is 284 g/mol. The van der Waals surface area contributed by atoms with E-state index in [1.807, 2.05) is 13.0 Å². The lowest BCUT2D eigenvalue weighted by molar-refractivity contribution is -0.124. The van der Waals surface area contributed by atoms with Crippen LogP contribution in [0.15, 0.2) is 18.2 Å². The first-order valence-electron chi connectivity index (χ1n) is 6.54. The highest BCUT2D eigenvalue weighted by atomic mass is 35.5. The molecule has 0 bridgehead atoms. The molecule has 0 aliphatic heterocycles. The lowest BCUT2D eigenvalue weighted by atomic mass is 10.2. The van der Waals surface area contributed by atoms with Gasteiger partial charge in [-0.25, -0.2) is 0 Å². The molecule has 1 amide bonds. The molecule has 3 N–H and O–H groups in total. The zero-order valence-corrected chi connectivity index (χ0v) is 12.2. The zero-order valence-electron chi connectivity index (χ0n) is 11.4. The summed E-state index contributed by atoms with van der Waals surface area (Å²) >= 11 is 6.18. The Balaban J connectivity index is 2.86. The van der Waals surface area contributed by atoms with Crippen molar-refractivity contribution in [2.75, 3.05) is 6.54 Å². The number of halogens is 1. The molecular weight excluding hydrogens is 264 g/mol. The summed E-state index contributed by atoms with van der Waals surface area (Å²) in [5, 5.41) is 3.90.